The molecular formula is C17H14N2O. The Kier molecular flexibility index (Phi) is 3.22. The smallest absolute Gasteiger partial charge is 0.156 e. The number of carbonyl (C=O) groups is 1. The minimum absolute atomic E-state index is 0.0289. The molecule has 0 fully saturated rings. The highest BCUT2D eigenvalue weighted by Crippen LogP contribution is 2.33. The fraction of sp³-hybridized carbons (Fsp3) is 0.176. The largest absolute Gasteiger partial charge is 0.376 e. The van der Waals surface area contributed by atoms with Gasteiger partial charge in [-0.2, -0.15) is 5.26 Å². The topological polar surface area (TPSA) is 52.9 Å². The third-order valence-corrected chi connectivity index (χ3v) is 3.67. The predicted molar refractivity (Wildman–Crippen MR) is 77.1 cm³/mol. The zero-order chi connectivity index (χ0) is 13.9. The maximum Gasteiger partial charge on any atom is 0.156 e. The lowest BCUT2D eigenvalue weighted by Crippen LogP contribution is -2.25. The van der Waals surface area contributed by atoms with Gasteiger partial charge in [0, 0.05) is 12.1 Å². The van der Waals surface area contributed by atoms with Gasteiger partial charge in [-0.1, -0.05) is 48.5 Å². The van der Waals surface area contributed by atoms with Crippen LogP contribution in [0.25, 0.3) is 0 Å². The lowest BCUT2D eigenvalue weighted by Gasteiger charge is -2.21. The molecule has 2 aromatic carbocycles. The number of para-hydroxylation sites is 1. The normalized spacial score (nSPS) is 21.2. The Labute approximate surface area is 117 Å². The van der Waals surface area contributed by atoms with Gasteiger partial charge in [0.1, 0.15) is 5.92 Å². The summed E-state index contributed by atoms with van der Waals surface area (Å²) in [5.74, 6) is -0.691. The lowest BCUT2D eigenvalue weighted by molar-refractivity contribution is -0.120. The molecule has 2 aromatic rings. The van der Waals surface area contributed by atoms with Crippen molar-refractivity contribution < 1.29 is 4.79 Å². The maximum atomic E-state index is 12.3. The number of benzene rings is 2. The Morgan fingerprint density at radius 1 is 1.05 bits per heavy atom. The Morgan fingerprint density at radius 2 is 1.75 bits per heavy atom. The zero-order valence-electron chi connectivity index (χ0n) is 10.9. The van der Waals surface area contributed by atoms with Crippen LogP contribution in [0.2, 0.25) is 0 Å². The maximum absolute atomic E-state index is 12.3. The first-order valence-electron chi connectivity index (χ1n) is 6.61. The minimum Gasteiger partial charge on any atom is -0.376 e. The molecule has 0 amide bonds. The Hall–Kier alpha value is -2.60. The van der Waals surface area contributed by atoms with E-state index < -0.39 is 5.92 Å². The van der Waals surface area contributed by atoms with Gasteiger partial charge in [-0.25, -0.2) is 0 Å². The number of ketones is 1. The number of fused-ring (bicyclic) bond motifs is 1. The molecule has 98 valence electrons. The van der Waals surface area contributed by atoms with Gasteiger partial charge in [0.15, 0.2) is 5.78 Å². The van der Waals surface area contributed by atoms with E-state index in [1.165, 1.54) is 0 Å². The van der Waals surface area contributed by atoms with E-state index >= 15 is 0 Å². The average molecular weight is 262 g/mol. The van der Waals surface area contributed by atoms with E-state index in [4.69, 9.17) is 0 Å². The summed E-state index contributed by atoms with van der Waals surface area (Å²) in [5.41, 5.74) is 2.85. The summed E-state index contributed by atoms with van der Waals surface area (Å²) in [6, 6.07) is 19.3. The highest BCUT2D eigenvalue weighted by atomic mass is 16.1. The fourth-order valence-corrected chi connectivity index (χ4v) is 2.63. The summed E-state index contributed by atoms with van der Waals surface area (Å²) in [5, 5.41) is 12.8. The number of hydrogen-bond donors (Lipinski definition) is 1. The molecule has 2 atom stereocenters. The second kappa shape index (κ2) is 5.18. The van der Waals surface area contributed by atoms with Crippen molar-refractivity contribution >= 4 is 11.5 Å². The number of nitrogens with zero attached hydrogens (tertiary/aromatic N) is 1. The molecule has 1 aliphatic rings. The van der Waals surface area contributed by atoms with E-state index in [0.29, 0.717) is 6.42 Å². The van der Waals surface area contributed by atoms with E-state index in [1.807, 2.05) is 54.6 Å². The predicted octanol–water partition coefficient (Wildman–Crippen LogP) is 3.10. The van der Waals surface area contributed by atoms with Crippen LogP contribution in [0.1, 0.15) is 17.2 Å². The van der Waals surface area contributed by atoms with Gasteiger partial charge in [-0.15, -0.1) is 0 Å². The molecule has 0 saturated heterocycles. The standard InChI is InChI=1S/C17H14N2O/c18-11-14-16(20)10-13-8-4-5-9-15(13)19-17(14)12-6-2-1-3-7-12/h1-9,14,17,19H,10H2. The first-order valence-corrected chi connectivity index (χ1v) is 6.61. The van der Waals surface area contributed by atoms with Crippen LogP contribution < -0.4 is 5.32 Å². The van der Waals surface area contributed by atoms with Gasteiger partial charge in [-0.3, -0.25) is 4.79 Å². The molecule has 3 nitrogen and oxygen atoms in total. The number of Topliss-reactive ketones (excluding diaryl/α,β-unsaturated/α-hetero) is 1. The number of hydrogen-bond acceptors (Lipinski definition) is 3. The van der Waals surface area contributed by atoms with Gasteiger partial charge in [0.25, 0.3) is 0 Å². The Bertz CT molecular complexity index is 673. The van der Waals surface area contributed by atoms with Crippen molar-refractivity contribution in [2.45, 2.75) is 12.5 Å². The van der Waals surface area contributed by atoms with Crippen molar-refractivity contribution in [3.63, 3.8) is 0 Å². The van der Waals surface area contributed by atoms with E-state index in [1.54, 1.807) is 0 Å². The van der Waals surface area contributed by atoms with Crippen molar-refractivity contribution in [3.05, 3.63) is 65.7 Å². The number of nitrogens with one attached hydrogen (secondary N) is 1. The third kappa shape index (κ3) is 2.17. The number of rotatable bonds is 1. The summed E-state index contributed by atoms with van der Waals surface area (Å²) in [6.07, 6.45) is 0.310. The van der Waals surface area contributed by atoms with Crippen molar-refractivity contribution in [2.24, 2.45) is 5.92 Å². The molecule has 0 radical (unpaired) electrons. The number of carbonyl (C=O) groups excluding carboxylic acids is 1. The molecule has 2 unspecified atom stereocenters. The third-order valence-electron chi connectivity index (χ3n) is 3.67. The summed E-state index contributed by atoms with van der Waals surface area (Å²) >= 11 is 0. The van der Waals surface area contributed by atoms with Gasteiger partial charge in [-0.05, 0) is 17.2 Å². The van der Waals surface area contributed by atoms with Gasteiger partial charge in [0.2, 0.25) is 0 Å². The fourth-order valence-electron chi connectivity index (χ4n) is 2.63. The molecule has 1 heterocycles. The van der Waals surface area contributed by atoms with E-state index in [2.05, 4.69) is 11.4 Å². The molecule has 1 aliphatic heterocycles. The molecule has 1 N–H and O–H groups in total. The van der Waals surface area contributed by atoms with Gasteiger partial charge >= 0.3 is 0 Å². The van der Waals surface area contributed by atoms with Crippen LogP contribution in [0.3, 0.4) is 0 Å². The number of anilines is 1. The number of nitriles is 1. The average Bonchev–Trinajstić information content (AvgIpc) is 2.63. The first-order chi connectivity index (χ1) is 9.79. The molecule has 0 spiro atoms. The van der Waals surface area contributed by atoms with E-state index in [-0.39, 0.29) is 11.8 Å². The molecule has 3 rings (SSSR count). The van der Waals surface area contributed by atoms with Crippen molar-refractivity contribution in [1.29, 1.82) is 5.26 Å². The van der Waals surface area contributed by atoms with Gasteiger partial charge < -0.3 is 5.32 Å². The molecule has 0 aliphatic carbocycles. The van der Waals surface area contributed by atoms with E-state index in [9.17, 15) is 10.1 Å². The van der Waals surface area contributed by atoms with Gasteiger partial charge in [0.05, 0.1) is 12.1 Å². The monoisotopic (exact) mass is 262 g/mol. The lowest BCUT2D eigenvalue weighted by atomic mass is 9.90. The zero-order valence-corrected chi connectivity index (χ0v) is 10.9. The second-order valence-corrected chi connectivity index (χ2v) is 4.94. The van der Waals surface area contributed by atoms with Crippen molar-refractivity contribution in [2.75, 3.05) is 5.32 Å². The van der Waals surface area contributed by atoms with Crippen molar-refractivity contribution in [3.8, 4) is 6.07 Å². The van der Waals surface area contributed by atoms with Crippen LogP contribution in [0.15, 0.2) is 54.6 Å². The van der Waals surface area contributed by atoms with Crippen LogP contribution in [-0.2, 0) is 11.2 Å². The van der Waals surface area contributed by atoms with Crippen LogP contribution in [0.4, 0.5) is 5.69 Å². The summed E-state index contributed by atoms with van der Waals surface area (Å²) < 4.78 is 0. The first kappa shape index (κ1) is 12.4. The highest BCUT2D eigenvalue weighted by Gasteiger charge is 2.32. The molecule has 0 saturated carbocycles. The molecular weight excluding hydrogens is 248 g/mol. The van der Waals surface area contributed by atoms with E-state index in [0.717, 1.165) is 16.8 Å². The van der Waals surface area contributed by atoms with Crippen LogP contribution in [0, 0.1) is 17.2 Å². The van der Waals surface area contributed by atoms with Crippen LogP contribution in [0.5, 0.6) is 0 Å². The second-order valence-electron chi connectivity index (χ2n) is 4.94. The molecule has 0 aromatic heterocycles. The highest BCUT2D eigenvalue weighted by molar-refractivity contribution is 5.89. The van der Waals surface area contributed by atoms with Crippen LogP contribution in [-0.4, -0.2) is 5.78 Å². The summed E-state index contributed by atoms with van der Waals surface area (Å²) in [6.45, 7) is 0. The Balaban J connectivity index is 2.08. The quantitative estimate of drug-likeness (QED) is 0.859. The Morgan fingerprint density at radius 3 is 2.50 bits per heavy atom. The molecule has 3 heteroatoms. The van der Waals surface area contributed by atoms with Crippen molar-refractivity contribution in [1.82, 2.24) is 0 Å². The molecule has 20 heavy (non-hydrogen) atoms. The molecule has 0 bridgehead atoms. The minimum atomic E-state index is -0.662. The van der Waals surface area contributed by atoms with Crippen LogP contribution >= 0.6 is 0 Å². The summed E-state index contributed by atoms with van der Waals surface area (Å²) in [7, 11) is 0. The SMILES string of the molecule is N#CC1C(=O)Cc2ccccc2NC1c1ccccc1. The summed E-state index contributed by atoms with van der Waals surface area (Å²) in [4.78, 5) is 12.3.